The van der Waals surface area contributed by atoms with Crippen LogP contribution in [0.3, 0.4) is 0 Å². The Morgan fingerprint density at radius 1 is 0.969 bits per heavy atom. The highest BCUT2D eigenvalue weighted by Gasteiger charge is 2.19. The topological polar surface area (TPSA) is 110 Å². The van der Waals surface area contributed by atoms with Crippen LogP contribution in [0, 0.1) is 5.82 Å². The molecule has 3 rings (SSSR count). The van der Waals surface area contributed by atoms with E-state index in [4.69, 9.17) is 33.0 Å². The molecule has 1 amide bonds. The van der Waals surface area contributed by atoms with Gasteiger partial charge in [0, 0.05) is 17.3 Å². The zero-order chi connectivity index (χ0) is 23.5. The van der Waals surface area contributed by atoms with Crippen LogP contribution in [-0.4, -0.2) is 31.2 Å². The average molecular weight is 498 g/mol. The number of hydrogen-bond acceptors (Lipinski definition) is 5. The van der Waals surface area contributed by atoms with Crippen LogP contribution >= 0.6 is 23.2 Å². The van der Waals surface area contributed by atoms with Gasteiger partial charge in [0.05, 0.1) is 14.9 Å². The fraction of sp³-hybridized carbons (Fsp3) is 0.0476. The molecule has 0 aliphatic carbocycles. The van der Waals surface area contributed by atoms with Crippen molar-refractivity contribution in [1.82, 2.24) is 0 Å². The molecule has 0 radical (unpaired) electrons. The van der Waals surface area contributed by atoms with E-state index in [1.165, 1.54) is 42.5 Å². The molecule has 11 heteroatoms. The predicted octanol–water partition coefficient (Wildman–Crippen LogP) is 5.04. The van der Waals surface area contributed by atoms with Crippen molar-refractivity contribution in [2.24, 2.45) is 0 Å². The first-order valence-electron chi connectivity index (χ1n) is 8.83. The van der Waals surface area contributed by atoms with Crippen molar-refractivity contribution in [1.29, 1.82) is 0 Å². The number of halogens is 3. The van der Waals surface area contributed by atoms with Crippen LogP contribution in [0.4, 0.5) is 10.1 Å². The summed E-state index contributed by atoms with van der Waals surface area (Å²) >= 11 is 11.7. The molecular weight excluding hydrogens is 484 g/mol. The quantitative estimate of drug-likeness (QED) is 0.473. The van der Waals surface area contributed by atoms with Gasteiger partial charge in [0.2, 0.25) is 0 Å². The third-order valence-electron chi connectivity index (χ3n) is 4.10. The lowest BCUT2D eigenvalue weighted by Crippen LogP contribution is -2.15. The van der Waals surface area contributed by atoms with Gasteiger partial charge in [0.15, 0.2) is 27.2 Å². The van der Waals surface area contributed by atoms with Gasteiger partial charge in [-0.1, -0.05) is 23.2 Å². The van der Waals surface area contributed by atoms with Crippen molar-refractivity contribution in [2.75, 3.05) is 11.1 Å². The predicted molar refractivity (Wildman–Crippen MR) is 117 cm³/mol. The summed E-state index contributed by atoms with van der Waals surface area (Å²) in [5.41, 5.74) is 0.402. The minimum atomic E-state index is -3.99. The number of sulfone groups is 1. The fourth-order valence-corrected chi connectivity index (χ4v) is 3.93. The third-order valence-corrected chi connectivity index (χ3v) is 6.45. The van der Waals surface area contributed by atoms with E-state index >= 15 is 0 Å². The summed E-state index contributed by atoms with van der Waals surface area (Å²) in [7, 11) is -3.99. The number of carboxylic acids is 1. The van der Waals surface area contributed by atoms with Gasteiger partial charge in [-0.25, -0.2) is 12.8 Å². The number of aliphatic carboxylic acids is 1. The van der Waals surface area contributed by atoms with Gasteiger partial charge in [-0.3, -0.25) is 9.59 Å². The molecule has 0 aliphatic rings. The van der Waals surface area contributed by atoms with Crippen molar-refractivity contribution in [3.05, 3.63) is 82.1 Å². The van der Waals surface area contributed by atoms with Crippen molar-refractivity contribution >= 4 is 50.6 Å². The lowest BCUT2D eigenvalue weighted by Gasteiger charge is -2.10. The van der Waals surface area contributed by atoms with E-state index < -0.39 is 33.3 Å². The maximum absolute atomic E-state index is 14.4. The molecule has 0 saturated heterocycles. The molecule has 2 N–H and O–H groups in total. The van der Waals surface area contributed by atoms with Crippen LogP contribution in [0.25, 0.3) is 0 Å². The first-order valence-corrected chi connectivity index (χ1v) is 11.2. The van der Waals surface area contributed by atoms with E-state index in [0.717, 1.165) is 18.2 Å². The maximum atomic E-state index is 14.4. The maximum Gasteiger partial charge on any atom is 0.319 e. The van der Waals surface area contributed by atoms with Crippen LogP contribution in [0.15, 0.2) is 65.6 Å². The molecule has 3 aromatic carbocycles. The van der Waals surface area contributed by atoms with E-state index in [9.17, 15) is 22.4 Å². The minimum Gasteiger partial charge on any atom is -0.480 e. The van der Waals surface area contributed by atoms with Crippen LogP contribution in [0.5, 0.6) is 11.5 Å². The number of anilines is 1. The number of amides is 1. The molecule has 7 nitrogen and oxygen atoms in total. The summed E-state index contributed by atoms with van der Waals surface area (Å²) in [4.78, 5) is 22.7. The summed E-state index contributed by atoms with van der Waals surface area (Å²) in [5, 5.41) is 11.7. The second-order valence-electron chi connectivity index (χ2n) is 6.45. The molecule has 166 valence electrons. The summed E-state index contributed by atoms with van der Waals surface area (Å²) in [6, 6.07) is 12.9. The Morgan fingerprint density at radius 3 is 2.25 bits per heavy atom. The normalized spacial score (nSPS) is 11.1. The molecule has 0 aromatic heterocycles. The Kier molecular flexibility index (Phi) is 7.02. The van der Waals surface area contributed by atoms with Gasteiger partial charge >= 0.3 is 5.97 Å². The summed E-state index contributed by atoms with van der Waals surface area (Å²) in [6.07, 6.45) is 0. The highest BCUT2D eigenvalue weighted by molar-refractivity contribution is 7.92. The van der Waals surface area contributed by atoms with Crippen molar-refractivity contribution in [2.45, 2.75) is 4.90 Å². The number of carboxylic acid groups (broad SMARTS) is 1. The number of nitrogens with one attached hydrogen (secondary N) is 1. The van der Waals surface area contributed by atoms with Gasteiger partial charge in [-0.15, -0.1) is 0 Å². The van der Waals surface area contributed by atoms with Gasteiger partial charge in [-0.05, 0) is 54.6 Å². The van der Waals surface area contributed by atoms with E-state index in [2.05, 4.69) is 5.32 Å². The highest BCUT2D eigenvalue weighted by Crippen LogP contribution is 2.28. The van der Waals surface area contributed by atoms with Crippen LogP contribution in [-0.2, 0) is 14.6 Å². The fourth-order valence-electron chi connectivity index (χ4n) is 2.59. The number of benzene rings is 3. The molecule has 0 unspecified atom stereocenters. The van der Waals surface area contributed by atoms with E-state index in [1.807, 2.05) is 0 Å². The zero-order valence-electron chi connectivity index (χ0n) is 16.0. The summed E-state index contributed by atoms with van der Waals surface area (Å²) in [6.45, 7) is 0. The number of ether oxygens (including phenoxy) is 1. The van der Waals surface area contributed by atoms with Gasteiger partial charge in [-0.2, -0.15) is 0 Å². The first-order chi connectivity index (χ1) is 15.0. The van der Waals surface area contributed by atoms with E-state index in [0.29, 0.717) is 5.02 Å². The Bertz CT molecular complexity index is 1300. The van der Waals surface area contributed by atoms with Crippen molar-refractivity contribution in [3.63, 3.8) is 0 Å². The number of carbonyl (C=O) groups is 2. The van der Waals surface area contributed by atoms with E-state index in [1.54, 1.807) is 0 Å². The van der Waals surface area contributed by atoms with E-state index in [-0.39, 0.29) is 32.7 Å². The summed E-state index contributed by atoms with van der Waals surface area (Å²) in [5.74, 6) is -3.85. The first kappa shape index (κ1) is 23.5. The average Bonchev–Trinajstić information content (AvgIpc) is 2.71. The third kappa shape index (κ3) is 5.76. The lowest BCUT2D eigenvalue weighted by molar-refractivity contribution is -0.134. The SMILES string of the molecule is O=C(O)CS(=O)(=O)c1ccc(Oc2ccc(NC(=O)c3ccc(Cl)c(Cl)c3)cc2F)cc1. The van der Waals surface area contributed by atoms with Gasteiger partial charge in [0.25, 0.3) is 5.91 Å². The molecule has 0 bridgehead atoms. The standard InChI is InChI=1S/C21H14Cl2FNO6S/c22-16-7-1-12(9-17(16)23)21(28)25-13-2-8-19(18(24)10-13)31-14-3-5-15(6-4-14)32(29,30)11-20(26)27/h1-10H,11H2,(H,25,28)(H,26,27). The molecule has 32 heavy (non-hydrogen) atoms. The lowest BCUT2D eigenvalue weighted by atomic mass is 10.2. The van der Waals surface area contributed by atoms with Crippen LogP contribution in [0.1, 0.15) is 10.4 Å². The second-order valence-corrected chi connectivity index (χ2v) is 9.26. The highest BCUT2D eigenvalue weighted by atomic mass is 35.5. The Balaban J connectivity index is 1.71. The van der Waals surface area contributed by atoms with Gasteiger partial charge < -0.3 is 15.2 Å². The molecule has 0 aliphatic heterocycles. The molecule has 0 atom stereocenters. The van der Waals surface area contributed by atoms with Crippen molar-refractivity contribution < 1.29 is 32.2 Å². The monoisotopic (exact) mass is 497 g/mol. The molecule has 3 aromatic rings. The molecule has 0 fully saturated rings. The largest absolute Gasteiger partial charge is 0.480 e. The number of carbonyl (C=O) groups excluding carboxylic acids is 1. The number of rotatable bonds is 7. The Hall–Kier alpha value is -3.14. The van der Waals surface area contributed by atoms with Crippen molar-refractivity contribution in [3.8, 4) is 11.5 Å². The Morgan fingerprint density at radius 2 is 1.66 bits per heavy atom. The number of hydrogen-bond donors (Lipinski definition) is 2. The smallest absolute Gasteiger partial charge is 0.319 e. The molecule has 0 spiro atoms. The zero-order valence-corrected chi connectivity index (χ0v) is 18.3. The molecule has 0 saturated carbocycles. The van der Waals surface area contributed by atoms with Gasteiger partial charge in [0.1, 0.15) is 5.75 Å². The van der Waals surface area contributed by atoms with Crippen LogP contribution in [0.2, 0.25) is 10.0 Å². The molecular formula is C21H14Cl2FNO6S. The summed E-state index contributed by atoms with van der Waals surface area (Å²) < 4.78 is 43.6. The Labute approximate surface area is 192 Å². The second kappa shape index (κ2) is 9.56. The molecule has 0 heterocycles. The van der Waals surface area contributed by atoms with Crippen LogP contribution < -0.4 is 10.1 Å². The minimum absolute atomic E-state index is 0.130.